The van der Waals surface area contributed by atoms with Crippen LogP contribution < -0.4 is 11.1 Å². The van der Waals surface area contributed by atoms with Crippen molar-refractivity contribution in [2.45, 2.75) is 63.8 Å². The Morgan fingerprint density at radius 3 is 2.53 bits per heavy atom. The Morgan fingerprint density at radius 1 is 1.06 bits per heavy atom. The van der Waals surface area contributed by atoms with Gasteiger partial charge in [0.05, 0.1) is 0 Å². The average molecular weight is 238 g/mol. The molecule has 0 aromatic carbocycles. The van der Waals surface area contributed by atoms with E-state index >= 15 is 0 Å². The normalized spacial score (nSPS) is 31.1. The van der Waals surface area contributed by atoms with Crippen molar-refractivity contribution in [3.63, 3.8) is 0 Å². The maximum Gasteiger partial charge on any atom is 0.223 e. The molecule has 2 unspecified atom stereocenters. The van der Waals surface area contributed by atoms with Gasteiger partial charge in [0.2, 0.25) is 5.91 Å². The van der Waals surface area contributed by atoms with E-state index in [9.17, 15) is 4.79 Å². The number of rotatable bonds is 3. The predicted molar refractivity (Wildman–Crippen MR) is 69.5 cm³/mol. The Hall–Kier alpha value is -0.570. The summed E-state index contributed by atoms with van der Waals surface area (Å²) < 4.78 is 0. The molecule has 3 heteroatoms. The SMILES string of the molecule is NCC1CCCC(NC(=O)C2CCCCC2)C1. The van der Waals surface area contributed by atoms with E-state index in [1.807, 2.05) is 0 Å². The summed E-state index contributed by atoms with van der Waals surface area (Å²) >= 11 is 0. The van der Waals surface area contributed by atoms with Crippen molar-refractivity contribution in [2.75, 3.05) is 6.54 Å². The third-order valence-corrected chi connectivity index (χ3v) is 4.44. The number of carbonyl (C=O) groups is 1. The van der Waals surface area contributed by atoms with Crippen molar-refractivity contribution < 1.29 is 4.79 Å². The molecule has 2 aliphatic rings. The second-order valence-electron chi connectivity index (χ2n) is 5.81. The van der Waals surface area contributed by atoms with Crippen LogP contribution in [0.1, 0.15) is 57.8 Å². The molecule has 2 fully saturated rings. The lowest BCUT2D eigenvalue weighted by atomic mass is 9.84. The first-order chi connectivity index (χ1) is 8.29. The molecule has 2 atom stereocenters. The van der Waals surface area contributed by atoms with Gasteiger partial charge in [0.25, 0.3) is 0 Å². The molecule has 98 valence electrons. The van der Waals surface area contributed by atoms with Crippen molar-refractivity contribution in [2.24, 2.45) is 17.6 Å². The topological polar surface area (TPSA) is 55.1 Å². The van der Waals surface area contributed by atoms with Crippen LogP contribution in [0.15, 0.2) is 0 Å². The third kappa shape index (κ3) is 3.70. The van der Waals surface area contributed by atoms with E-state index in [1.54, 1.807) is 0 Å². The second-order valence-corrected chi connectivity index (χ2v) is 5.81. The fourth-order valence-electron chi connectivity index (χ4n) is 3.32. The van der Waals surface area contributed by atoms with Crippen LogP contribution in [0.4, 0.5) is 0 Å². The molecule has 0 radical (unpaired) electrons. The van der Waals surface area contributed by atoms with E-state index in [-0.39, 0.29) is 0 Å². The summed E-state index contributed by atoms with van der Waals surface area (Å²) in [5.41, 5.74) is 5.73. The third-order valence-electron chi connectivity index (χ3n) is 4.44. The van der Waals surface area contributed by atoms with Gasteiger partial charge in [0.1, 0.15) is 0 Å². The van der Waals surface area contributed by atoms with Crippen LogP contribution >= 0.6 is 0 Å². The van der Waals surface area contributed by atoms with Gasteiger partial charge in [0.15, 0.2) is 0 Å². The van der Waals surface area contributed by atoms with Gasteiger partial charge >= 0.3 is 0 Å². The molecule has 0 saturated heterocycles. The van der Waals surface area contributed by atoms with Gasteiger partial charge < -0.3 is 11.1 Å². The zero-order valence-corrected chi connectivity index (χ0v) is 10.8. The molecule has 0 aromatic rings. The highest BCUT2D eigenvalue weighted by Gasteiger charge is 2.26. The Morgan fingerprint density at radius 2 is 1.82 bits per heavy atom. The summed E-state index contributed by atoms with van der Waals surface area (Å²) in [5, 5.41) is 3.26. The molecule has 0 aromatic heterocycles. The van der Waals surface area contributed by atoms with Crippen LogP contribution in [0.3, 0.4) is 0 Å². The molecule has 0 bridgehead atoms. The van der Waals surface area contributed by atoms with Gasteiger partial charge in [-0.15, -0.1) is 0 Å². The first-order valence-electron chi connectivity index (χ1n) is 7.30. The molecule has 2 aliphatic carbocycles. The molecule has 2 rings (SSSR count). The number of hydrogen-bond donors (Lipinski definition) is 2. The Bertz CT molecular complexity index is 249. The maximum atomic E-state index is 12.1. The van der Waals surface area contributed by atoms with Crippen molar-refractivity contribution in [1.82, 2.24) is 5.32 Å². The minimum Gasteiger partial charge on any atom is -0.353 e. The lowest BCUT2D eigenvalue weighted by Gasteiger charge is -2.31. The number of nitrogens with one attached hydrogen (secondary N) is 1. The average Bonchev–Trinajstić information content (AvgIpc) is 2.40. The van der Waals surface area contributed by atoms with Crippen molar-refractivity contribution >= 4 is 5.91 Å². The van der Waals surface area contributed by atoms with Crippen molar-refractivity contribution in [3.8, 4) is 0 Å². The molecule has 0 aliphatic heterocycles. The van der Waals surface area contributed by atoms with Crippen LogP contribution in [-0.2, 0) is 4.79 Å². The first kappa shape index (κ1) is 12.9. The molecular formula is C14H26N2O. The Labute approximate surface area is 105 Å². The molecule has 0 spiro atoms. The lowest BCUT2D eigenvalue weighted by molar-refractivity contribution is -0.127. The van der Waals surface area contributed by atoms with Gasteiger partial charge in [-0.2, -0.15) is 0 Å². The van der Waals surface area contributed by atoms with Gasteiger partial charge in [-0.05, 0) is 44.6 Å². The lowest BCUT2D eigenvalue weighted by Crippen LogP contribution is -2.42. The van der Waals surface area contributed by atoms with E-state index in [0.29, 0.717) is 23.8 Å². The summed E-state index contributed by atoms with van der Waals surface area (Å²) in [6.07, 6.45) is 10.7. The number of carbonyl (C=O) groups excluding carboxylic acids is 1. The van der Waals surface area contributed by atoms with Crippen LogP contribution in [0.2, 0.25) is 0 Å². The van der Waals surface area contributed by atoms with Crippen LogP contribution in [0.5, 0.6) is 0 Å². The quantitative estimate of drug-likeness (QED) is 0.792. The summed E-state index contributed by atoms with van der Waals surface area (Å²) in [4.78, 5) is 12.1. The maximum absolute atomic E-state index is 12.1. The fourth-order valence-corrected chi connectivity index (χ4v) is 3.32. The highest BCUT2D eigenvalue weighted by Crippen LogP contribution is 2.26. The molecule has 1 amide bonds. The molecule has 0 heterocycles. The molecule has 3 nitrogen and oxygen atoms in total. The molecule has 3 N–H and O–H groups in total. The van der Waals surface area contributed by atoms with Gasteiger partial charge in [-0.3, -0.25) is 4.79 Å². The Kier molecular flexibility index (Phi) is 4.84. The van der Waals surface area contributed by atoms with Gasteiger partial charge in [0, 0.05) is 12.0 Å². The first-order valence-corrected chi connectivity index (χ1v) is 7.30. The standard InChI is InChI=1S/C14H26N2O/c15-10-11-5-4-8-13(9-11)16-14(17)12-6-2-1-3-7-12/h11-13H,1-10,15H2,(H,16,17). The zero-order valence-electron chi connectivity index (χ0n) is 10.8. The van der Waals surface area contributed by atoms with Crippen LogP contribution in [-0.4, -0.2) is 18.5 Å². The Balaban J connectivity index is 1.77. The highest BCUT2D eigenvalue weighted by molar-refractivity contribution is 5.79. The van der Waals surface area contributed by atoms with Gasteiger partial charge in [-0.25, -0.2) is 0 Å². The summed E-state index contributed by atoms with van der Waals surface area (Å²) in [7, 11) is 0. The summed E-state index contributed by atoms with van der Waals surface area (Å²) in [6, 6.07) is 0.395. The van der Waals surface area contributed by atoms with Gasteiger partial charge in [-0.1, -0.05) is 25.7 Å². The molecule has 2 saturated carbocycles. The number of amides is 1. The largest absolute Gasteiger partial charge is 0.353 e. The summed E-state index contributed by atoms with van der Waals surface area (Å²) in [6.45, 7) is 0.774. The van der Waals surface area contributed by atoms with E-state index in [1.165, 1.54) is 32.1 Å². The minimum absolute atomic E-state index is 0.294. The van der Waals surface area contributed by atoms with Crippen molar-refractivity contribution in [1.29, 1.82) is 0 Å². The van der Waals surface area contributed by atoms with E-state index in [0.717, 1.165) is 32.2 Å². The van der Waals surface area contributed by atoms with Crippen molar-refractivity contribution in [3.05, 3.63) is 0 Å². The van der Waals surface area contributed by atoms with E-state index in [4.69, 9.17) is 5.73 Å². The summed E-state index contributed by atoms with van der Waals surface area (Å²) in [5.74, 6) is 1.23. The smallest absolute Gasteiger partial charge is 0.223 e. The monoisotopic (exact) mass is 238 g/mol. The molecule has 17 heavy (non-hydrogen) atoms. The van der Waals surface area contributed by atoms with Crippen LogP contribution in [0, 0.1) is 11.8 Å². The van der Waals surface area contributed by atoms with E-state index in [2.05, 4.69) is 5.32 Å². The molecular weight excluding hydrogens is 212 g/mol. The minimum atomic E-state index is 0.294. The number of hydrogen-bond acceptors (Lipinski definition) is 2. The fraction of sp³-hybridized carbons (Fsp3) is 0.929. The van der Waals surface area contributed by atoms with Crippen LogP contribution in [0.25, 0.3) is 0 Å². The predicted octanol–water partition coefficient (Wildman–Crippen LogP) is 2.20. The second kappa shape index (κ2) is 6.39. The highest BCUT2D eigenvalue weighted by atomic mass is 16.1. The van der Waals surface area contributed by atoms with E-state index < -0.39 is 0 Å². The zero-order chi connectivity index (χ0) is 12.1. The number of nitrogens with two attached hydrogens (primary N) is 1.